The molecule has 6 heteroatoms. The molecule has 3 heterocycles. The topological polar surface area (TPSA) is 58.9 Å². The average Bonchev–Trinajstić information content (AvgIpc) is 3.31. The number of likely N-dealkylation sites (tertiary alicyclic amines) is 1. The Bertz CT molecular complexity index is 1030. The highest BCUT2D eigenvalue weighted by molar-refractivity contribution is 6.05. The van der Waals surface area contributed by atoms with E-state index in [1.807, 2.05) is 61.7 Å². The summed E-state index contributed by atoms with van der Waals surface area (Å²) >= 11 is 0. The number of carbonyl (C=O) groups excluding carboxylic acids is 1. The SMILES string of the molecule is Cc1ccc(OCCN2CCCC2)c(NC(=O)c2c(C)nc3c(C)cccn23)c1. The first-order chi connectivity index (χ1) is 14.0. The second-order valence-corrected chi connectivity index (χ2v) is 7.78. The van der Waals surface area contributed by atoms with Crippen molar-refractivity contribution in [3.63, 3.8) is 0 Å². The molecule has 29 heavy (non-hydrogen) atoms. The molecule has 1 N–H and O–H groups in total. The number of carbonyl (C=O) groups is 1. The first-order valence-corrected chi connectivity index (χ1v) is 10.2. The highest BCUT2D eigenvalue weighted by Crippen LogP contribution is 2.27. The molecule has 0 atom stereocenters. The van der Waals surface area contributed by atoms with Crippen molar-refractivity contribution in [2.45, 2.75) is 33.6 Å². The number of benzene rings is 1. The summed E-state index contributed by atoms with van der Waals surface area (Å²) in [6.07, 6.45) is 4.41. The van der Waals surface area contributed by atoms with Crippen LogP contribution in [0.2, 0.25) is 0 Å². The van der Waals surface area contributed by atoms with Gasteiger partial charge in [-0.25, -0.2) is 4.98 Å². The number of hydrogen-bond donors (Lipinski definition) is 1. The minimum atomic E-state index is -0.185. The molecule has 4 rings (SSSR count). The van der Waals surface area contributed by atoms with Gasteiger partial charge in [0.2, 0.25) is 0 Å². The van der Waals surface area contributed by atoms with Crippen LogP contribution in [-0.2, 0) is 0 Å². The van der Waals surface area contributed by atoms with Gasteiger partial charge in [-0.15, -0.1) is 0 Å². The number of fused-ring (bicyclic) bond motifs is 1. The molecule has 0 aliphatic carbocycles. The van der Waals surface area contributed by atoms with Crippen LogP contribution in [0.25, 0.3) is 5.65 Å². The Kier molecular flexibility index (Phi) is 5.53. The maximum Gasteiger partial charge on any atom is 0.274 e. The second kappa shape index (κ2) is 8.25. The van der Waals surface area contributed by atoms with Crippen LogP contribution in [0.5, 0.6) is 5.75 Å². The first-order valence-electron chi connectivity index (χ1n) is 10.2. The number of pyridine rings is 1. The van der Waals surface area contributed by atoms with Gasteiger partial charge in [0, 0.05) is 12.7 Å². The van der Waals surface area contributed by atoms with Gasteiger partial charge in [0.15, 0.2) is 0 Å². The summed E-state index contributed by atoms with van der Waals surface area (Å²) in [7, 11) is 0. The molecule has 1 aromatic carbocycles. The number of imidazole rings is 1. The normalized spacial score (nSPS) is 14.4. The van der Waals surface area contributed by atoms with E-state index in [2.05, 4.69) is 15.2 Å². The van der Waals surface area contributed by atoms with E-state index >= 15 is 0 Å². The first kappa shape index (κ1) is 19.5. The molecule has 3 aromatic rings. The molecule has 1 saturated heterocycles. The molecule has 1 amide bonds. The third-order valence-electron chi connectivity index (χ3n) is 5.48. The second-order valence-electron chi connectivity index (χ2n) is 7.78. The Hall–Kier alpha value is -2.86. The average molecular weight is 393 g/mol. The van der Waals surface area contributed by atoms with Gasteiger partial charge in [-0.2, -0.15) is 0 Å². The zero-order chi connectivity index (χ0) is 20.4. The maximum atomic E-state index is 13.1. The number of nitrogens with zero attached hydrogens (tertiary/aromatic N) is 3. The third-order valence-corrected chi connectivity index (χ3v) is 5.48. The van der Waals surface area contributed by atoms with Crippen molar-refractivity contribution in [1.82, 2.24) is 14.3 Å². The van der Waals surface area contributed by atoms with Gasteiger partial charge >= 0.3 is 0 Å². The molecule has 1 aliphatic rings. The predicted molar refractivity (Wildman–Crippen MR) is 115 cm³/mol. The van der Waals surface area contributed by atoms with Crippen LogP contribution in [0.4, 0.5) is 5.69 Å². The van der Waals surface area contributed by atoms with Gasteiger partial charge in [0.25, 0.3) is 5.91 Å². The summed E-state index contributed by atoms with van der Waals surface area (Å²) in [6.45, 7) is 9.68. The van der Waals surface area contributed by atoms with Crippen LogP contribution >= 0.6 is 0 Å². The van der Waals surface area contributed by atoms with E-state index in [0.717, 1.165) is 36.4 Å². The van der Waals surface area contributed by atoms with Crippen LogP contribution in [0.3, 0.4) is 0 Å². The van der Waals surface area contributed by atoms with Crippen molar-refractivity contribution in [2.75, 3.05) is 31.6 Å². The van der Waals surface area contributed by atoms with Crippen LogP contribution < -0.4 is 10.1 Å². The molecule has 2 aromatic heterocycles. The number of rotatable bonds is 6. The van der Waals surface area contributed by atoms with Crippen LogP contribution in [-0.4, -0.2) is 46.4 Å². The Balaban J connectivity index is 1.54. The molecule has 0 saturated carbocycles. The quantitative estimate of drug-likeness (QED) is 0.689. The summed E-state index contributed by atoms with van der Waals surface area (Å²) in [4.78, 5) is 20.1. The number of ether oxygens (including phenoxy) is 1. The van der Waals surface area contributed by atoms with Crippen molar-refractivity contribution in [2.24, 2.45) is 0 Å². The summed E-state index contributed by atoms with van der Waals surface area (Å²) in [6, 6.07) is 9.81. The lowest BCUT2D eigenvalue weighted by Crippen LogP contribution is -2.25. The zero-order valence-electron chi connectivity index (χ0n) is 17.4. The van der Waals surface area contributed by atoms with E-state index in [0.29, 0.717) is 29.4 Å². The van der Waals surface area contributed by atoms with E-state index in [1.54, 1.807) is 0 Å². The molecule has 1 fully saturated rings. The standard InChI is InChI=1S/C23H28N4O2/c1-16-8-9-20(29-14-13-26-10-4-5-11-26)19(15-16)25-23(28)21-18(3)24-22-17(2)7-6-12-27(21)22/h6-9,12,15H,4-5,10-11,13-14H2,1-3H3,(H,25,28). The Morgan fingerprint density at radius 2 is 1.97 bits per heavy atom. The zero-order valence-corrected chi connectivity index (χ0v) is 17.4. The molecule has 152 valence electrons. The van der Waals surface area contributed by atoms with Crippen molar-refractivity contribution >= 4 is 17.2 Å². The van der Waals surface area contributed by atoms with Gasteiger partial charge in [-0.05, 0) is 76.0 Å². The highest BCUT2D eigenvalue weighted by atomic mass is 16.5. The number of aromatic nitrogens is 2. The minimum absolute atomic E-state index is 0.185. The van der Waals surface area contributed by atoms with Crippen molar-refractivity contribution in [1.29, 1.82) is 0 Å². The maximum absolute atomic E-state index is 13.1. The van der Waals surface area contributed by atoms with E-state index in [4.69, 9.17) is 4.74 Å². The number of amides is 1. The molecule has 0 spiro atoms. The van der Waals surface area contributed by atoms with Gasteiger partial charge < -0.3 is 10.1 Å². The summed E-state index contributed by atoms with van der Waals surface area (Å²) in [5.41, 5.74) is 4.86. The van der Waals surface area contributed by atoms with Crippen molar-refractivity contribution < 1.29 is 9.53 Å². The van der Waals surface area contributed by atoms with Crippen LogP contribution in [0.15, 0.2) is 36.5 Å². The van der Waals surface area contributed by atoms with E-state index < -0.39 is 0 Å². The van der Waals surface area contributed by atoms with Gasteiger partial charge in [-0.1, -0.05) is 12.1 Å². The molecule has 1 aliphatic heterocycles. The highest BCUT2D eigenvalue weighted by Gasteiger charge is 2.19. The van der Waals surface area contributed by atoms with Gasteiger partial charge in [0.05, 0.1) is 11.4 Å². The number of hydrogen-bond acceptors (Lipinski definition) is 4. The minimum Gasteiger partial charge on any atom is -0.490 e. The lowest BCUT2D eigenvalue weighted by molar-refractivity contribution is 0.102. The van der Waals surface area contributed by atoms with Crippen LogP contribution in [0.1, 0.15) is 40.2 Å². The van der Waals surface area contributed by atoms with E-state index in [9.17, 15) is 4.79 Å². The van der Waals surface area contributed by atoms with Crippen LogP contribution in [0, 0.1) is 20.8 Å². The van der Waals surface area contributed by atoms with E-state index in [-0.39, 0.29) is 5.91 Å². The fraction of sp³-hybridized carbons (Fsp3) is 0.391. The largest absolute Gasteiger partial charge is 0.490 e. The summed E-state index contributed by atoms with van der Waals surface area (Å²) in [5, 5.41) is 3.05. The number of aryl methyl sites for hydroxylation is 3. The fourth-order valence-electron chi connectivity index (χ4n) is 3.93. The smallest absolute Gasteiger partial charge is 0.274 e. The number of anilines is 1. The van der Waals surface area contributed by atoms with Gasteiger partial charge in [0.1, 0.15) is 23.7 Å². The predicted octanol–water partition coefficient (Wildman–Crippen LogP) is 3.99. The fourth-order valence-corrected chi connectivity index (χ4v) is 3.93. The lowest BCUT2D eigenvalue weighted by Gasteiger charge is -2.17. The van der Waals surface area contributed by atoms with Gasteiger partial charge in [-0.3, -0.25) is 14.1 Å². The molecule has 0 unspecified atom stereocenters. The molecular weight excluding hydrogens is 364 g/mol. The molecule has 0 bridgehead atoms. The van der Waals surface area contributed by atoms with Crippen molar-refractivity contribution in [3.05, 3.63) is 59.0 Å². The lowest BCUT2D eigenvalue weighted by atomic mass is 10.2. The Labute approximate surface area is 171 Å². The molecule has 0 radical (unpaired) electrons. The monoisotopic (exact) mass is 392 g/mol. The number of nitrogens with one attached hydrogen (secondary N) is 1. The Morgan fingerprint density at radius 1 is 1.17 bits per heavy atom. The van der Waals surface area contributed by atoms with E-state index in [1.165, 1.54) is 12.8 Å². The summed E-state index contributed by atoms with van der Waals surface area (Å²) < 4.78 is 7.88. The molecule has 6 nitrogen and oxygen atoms in total. The Morgan fingerprint density at radius 3 is 2.76 bits per heavy atom. The van der Waals surface area contributed by atoms with Crippen molar-refractivity contribution in [3.8, 4) is 5.75 Å². The third kappa shape index (κ3) is 4.12. The summed E-state index contributed by atoms with van der Waals surface area (Å²) in [5.74, 6) is 0.515. The molecular formula is C23H28N4O2.